The molecule has 0 amide bonds. The summed E-state index contributed by atoms with van der Waals surface area (Å²) in [5, 5.41) is 0. The van der Waals surface area contributed by atoms with Crippen molar-refractivity contribution in [3.63, 3.8) is 0 Å². The van der Waals surface area contributed by atoms with Crippen molar-refractivity contribution < 1.29 is 35.2 Å². The van der Waals surface area contributed by atoms with Gasteiger partial charge in [0.25, 0.3) is 0 Å². The SMILES string of the molecule is O=C1c2ccccc2C(=O)c2c1cccc2S(=O)(=O)CCOS(=O)(=O)O. The molecular weight excluding hydrogens is 384 g/mol. The van der Waals surface area contributed by atoms with Crippen molar-refractivity contribution in [1.29, 1.82) is 0 Å². The van der Waals surface area contributed by atoms with E-state index < -0.39 is 44.2 Å². The molecule has 0 heterocycles. The number of carbonyl (C=O) groups excluding carboxylic acids is 2. The second-order valence-corrected chi connectivity index (χ2v) is 8.62. The van der Waals surface area contributed by atoms with Crippen LogP contribution in [0.25, 0.3) is 0 Å². The quantitative estimate of drug-likeness (QED) is 0.633. The van der Waals surface area contributed by atoms with Crippen LogP contribution in [0.1, 0.15) is 31.8 Å². The molecule has 10 heteroatoms. The van der Waals surface area contributed by atoms with Crippen molar-refractivity contribution >= 4 is 31.8 Å². The number of hydrogen-bond donors (Lipinski definition) is 1. The Hall–Kier alpha value is -2.40. The van der Waals surface area contributed by atoms with E-state index in [0.29, 0.717) is 0 Å². The maximum absolute atomic E-state index is 12.8. The third-order valence-corrected chi connectivity index (χ3v) is 6.01. The molecule has 8 nitrogen and oxygen atoms in total. The molecule has 0 atom stereocenters. The summed E-state index contributed by atoms with van der Waals surface area (Å²) in [6, 6.07) is 9.94. The number of hydrogen-bond acceptors (Lipinski definition) is 7. The molecule has 0 unspecified atom stereocenters. The molecule has 3 rings (SSSR count). The van der Waals surface area contributed by atoms with Crippen LogP contribution < -0.4 is 0 Å². The third kappa shape index (κ3) is 3.31. The predicted octanol–water partition coefficient (Wildman–Crippen LogP) is 1.06. The first-order chi connectivity index (χ1) is 12.1. The highest BCUT2D eigenvalue weighted by atomic mass is 32.3. The number of rotatable bonds is 5. The van der Waals surface area contributed by atoms with Crippen molar-refractivity contribution in [2.24, 2.45) is 0 Å². The molecule has 1 N–H and O–H groups in total. The zero-order valence-electron chi connectivity index (χ0n) is 13.1. The Balaban J connectivity index is 2.07. The van der Waals surface area contributed by atoms with Crippen LogP contribution in [0, 0.1) is 0 Å². The van der Waals surface area contributed by atoms with Gasteiger partial charge in [0.1, 0.15) is 0 Å². The van der Waals surface area contributed by atoms with Gasteiger partial charge in [-0.15, -0.1) is 0 Å². The van der Waals surface area contributed by atoms with Crippen LogP contribution in [0.4, 0.5) is 0 Å². The lowest BCUT2D eigenvalue weighted by atomic mass is 9.84. The van der Waals surface area contributed by atoms with E-state index in [9.17, 15) is 26.4 Å². The number of carbonyl (C=O) groups is 2. The molecule has 0 spiro atoms. The molecule has 136 valence electrons. The van der Waals surface area contributed by atoms with Crippen LogP contribution in [0.5, 0.6) is 0 Å². The minimum Gasteiger partial charge on any atom is -0.289 e. The van der Waals surface area contributed by atoms with Crippen LogP contribution in [0.15, 0.2) is 47.4 Å². The van der Waals surface area contributed by atoms with Crippen molar-refractivity contribution in [2.75, 3.05) is 12.4 Å². The normalized spacial score (nSPS) is 14.0. The highest BCUT2D eigenvalue weighted by molar-refractivity contribution is 7.91. The molecule has 0 saturated carbocycles. The number of sulfone groups is 1. The average Bonchev–Trinajstić information content (AvgIpc) is 2.57. The molecule has 0 saturated heterocycles. The second kappa shape index (κ2) is 6.40. The largest absolute Gasteiger partial charge is 0.397 e. The van der Waals surface area contributed by atoms with Crippen molar-refractivity contribution in [3.8, 4) is 0 Å². The summed E-state index contributed by atoms with van der Waals surface area (Å²) in [5.74, 6) is -1.88. The van der Waals surface area contributed by atoms with E-state index in [2.05, 4.69) is 4.18 Å². The van der Waals surface area contributed by atoms with Gasteiger partial charge in [0.2, 0.25) is 0 Å². The molecule has 26 heavy (non-hydrogen) atoms. The van der Waals surface area contributed by atoms with Crippen LogP contribution in [0.2, 0.25) is 0 Å². The van der Waals surface area contributed by atoms with Gasteiger partial charge in [0.15, 0.2) is 21.4 Å². The summed E-state index contributed by atoms with van der Waals surface area (Å²) in [5.41, 5.74) is 0.00428. The van der Waals surface area contributed by atoms with Gasteiger partial charge >= 0.3 is 10.4 Å². The maximum atomic E-state index is 12.8. The summed E-state index contributed by atoms with van der Waals surface area (Å²) in [6.07, 6.45) is 0. The van der Waals surface area contributed by atoms with E-state index >= 15 is 0 Å². The van der Waals surface area contributed by atoms with Crippen molar-refractivity contribution in [1.82, 2.24) is 0 Å². The lowest BCUT2D eigenvalue weighted by Gasteiger charge is -2.19. The molecule has 0 radical (unpaired) electrons. The van der Waals surface area contributed by atoms with Gasteiger partial charge in [-0.05, 0) is 6.07 Å². The van der Waals surface area contributed by atoms with E-state index in [1.54, 1.807) is 12.1 Å². The first-order valence-corrected chi connectivity index (χ1v) is 10.3. The predicted molar refractivity (Wildman–Crippen MR) is 89.3 cm³/mol. The number of fused-ring (bicyclic) bond motifs is 2. The molecule has 0 fully saturated rings. The lowest BCUT2D eigenvalue weighted by molar-refractivity contribution is 0.0976. The summed E-state index contributed by atoms with van der Waals surface area (Å²) in [6.45, 7) is -0.830. The van der Waals surface area contributed by atoms with Crippen LogP contribution in [-0.2, 0) is 24.4 Å². The lowest BCUT2D eigenvalue weighted by Crippen LogP contribution is -2.25. The number of ketones is 2. The summed E-state index contributed by atoms with van der Waals surface area (Å²) in [4.78, 5) is 25.0. The topological polar surface area (TPSA) is 132 Å². The standard InChI is InChI=1S/C16H12O8S2/c17-15-10-4-1-2-5-11(10)16(18)14-12(15)6-3-7-13(14)25(19,20)9-8-24-26(21,22)23/h1-7H,8-9H2,(H,21,22,23). The monoisotopic (exact) mass is 396 g/mol. The van der Waals surface area contributed by atoms with Gasteiger partial charge in [-0.1, -0.05) is 36.4 Å². The van der Waals surface area contributed by atoms with Gasteiger partial charge in [-0.3, -0.25) is 14.1 Å². The molecule has 2 aromatic carbocycles. The van der Waals surface area contributed by atoms with Gasteiger partial charge < -0.3 is 0 Å². The Morgan fingerprint density at radius 2 is 1.38 bits per heavy atom. The van der Waals surface area contributed by atoms with Gasteiger partial charge in [-0.2, -0.15) is 8.42 Å². The maximum Gasteiger partial charge on any atom is 0.397 e. The molecule has 2 aromatic rings. The Labute approximate surface area is 149 Å². The number of benzene rings is 2. The minimum absolute atomic E-state index is 0.0366. The van der Waals surface area contributed by atoms with Crippen LogP contribution >= 0.6 is 0 Å². The molecule has 1 aliphatic carbocycles. The minimum atomic E-state index is -4.79. The first-order valence-electron chi connectivity index (χ1n) is 7.28. The zero-order valence-corrected chi connectivity index (χ0v) is 14.7. The van der Waals surface area contributed by atoms with E-state index in [1.807, 2.05) is 0 Å². The Bertz CT molecular complexity index is 1130. The smallest absolute Gasteiger partial charge is 0.289 e. The average molecular weight is 396 g/mol. The fraction of sp³-hybridized carbons (Fsp3) is 0.125. The first kappa shape index (κ1) is 18.4. The molecule has 1 aliphatic rings. The van der Waals surface area contributed by atoms with Crippen molar-refractivity contribution in [3.05, 3.63) is 64.7 Å². The van der Waals surface area contributed by atoms with E-state index in [4.69, 9.17) is 4.55 Å². The van der Waals surface area contributed by atoms with E-state index in [-0.39, 0.29) is 27.1 Å². The molecule has 0 aromatic heterocycles. The second-order valence-electron chi connectivity index (χ2n) is 5.45. The van der Waals surface area contributed by atoms with Gasteiger partial charge in [-0.25, -0.2) is 12.6 Å². The summed E-state index contributed by atoms with van der Waals surface area (Å²) in [7, 11) is -8.95. The fourth-order valence-electron chi connectivity index (χ4n) is 2.73. The highest BCUT2D eigenvalue weighted by Crippen LogP contribution is 2.31. The molecule has 0 aliphatic heterocycles. The third-order valence-electron chi connectivity index (χ3n) is 3.83. The van der Waals surface area contributed by atoms with Gasteiger partial charge in [0, 0.05) is 16.7 Å². The summed E-state index contributed by atoms with van der Waals surface area (Å²) < 4.78 is 58.7. The Kier molecular flexibility index (Phi) is 4.53. The fourth-order valence-corrected chi connectivity index (χ4v) is 4.45. The Morgan fingerprint density at radius 1 is 0.808 bits per heavy atom. The van der Waals surface area contributed by atoms with Gasteiger partial charge in [0.05, 0.1) is 22.8 Å². The van der Waals surface area contributed by atoms with E-state index in [0.717, 1.165) is 0 Å². The van der Waals surface area contributed by atoms with Crippen molar-refractivity contribution in [2.45, 2.75) is 4.90 Å². The van der Waals surface area contributed by atoms with E-state index in [1.165, 1.54) is 30.3 Å². The molecule has 0 bridgehead atoms. The van der Waals surface area contributed by atoms with Crippen LogP contribution in [-0.4, -0.2) is 45.3 Å². The zero-order chi connectivity index (χ0) is 19.1. The highest BCUT2D eigenvalue weighted by Gasteiger charge is 2.34. The summed E-state index contributed by atoms with van der Waals surface area (Å²) >= 11 is 0. The Morgan fingerprint density at radius 3 is 2.00 bits per heavy atom. The molecular formula is C16H12O8S2. The van der Waals surface area contributed by atoms with Crippen LogP contribution in [0.3, 0.4) is 0 Å².